The van der Waals surface area contributed by atoms with Gasteiger partial charge in [0.2, 0.25) is 0 Å². The Hall–Kier alpha value is -3.29. The zero-order valence-electron chi connectivity index (χ0n) is 16.8. The van der Waals surface area contributed by atoms with Crippen LogP contribution in [0.2, 0.25) is 0 Å². The third kappa shape index (κ3) is 5.60. The summed E-state index contributed by atoms with van der Waals surface area (Å²) < 4.78 is 13.0. The Balaban J connectivity index is 2.29. The average Bonchev–Trinajstić information content (AvgIpc) is 2.65. The predicted molar refractivity (Wildman–Crippen MR) is 108 cm³/mol. The number of Topliss-reactive ketones (excluding diaryl/α,β-unsaturated/α-hetero) is 1. The van der Waals surface area contributed by atoms with Gasteiger partial charge in [-0.15, -0.1) is 0 Å². The van der Waals surface area contributed by atoms with Gasteiger partial charge < -0.3 is 15.3 Å². The Morgan fingerprint density at radius 3 is 2.31 bits per heavy atom. The van der Waals surface area contributed by atoms with E-state index in [4.69, 9.17) is 0 Å². The molecule has 7 nitrogen and oxygen atoms in total. The molecule has 0 radical (unpaired) electrons. The van der Waals surface area contributed by atoms with E-state index in [-0.39, 0.29) is 35.0 Å². The molecule has 0 unspecified atom stereocenters. The third-order valence-electron chi connectivity index (χ3n) is 4.31. The van der Waals surface area contributed by atoms with Crippen LogP contribution in [0.4, 0.5) is 15.9 Å². The van der Waals surface area contributed by atoms with Crippen molar-refractivity contribution in [2.45, 2.75) is 27.7 Å². The second kappa shape index (κ2) is 8.81. The number of carbonyl (C=O) groups is 3. The summed E-state index contributed by atoms with van der Waals surface area (Å²) in [5, 5.41) is 12.2. The molecule has 0 bridgehead atoms. The number of hydrogen-bond acceptors (Lipinski definition) is 5. The van der Waals surface area contributed by atoms with Crippen LogP contribution in [0.1, 0.15) is 48.4 Å². The van der Waals surface area contributed by atoms with Crippen LogP contribution in [-0.4, -0.2) is 40.8 Å². The molecule has 1 heterocycles. The number of hydrogen-bond donors (Lipinski definition) is 2. The van der Waals surface area contributed by atoms with Gasteiger partial charge in [0.1, 0.15) is 17.2 Å². The number of likely N-dealkylation sites (N-methyl/N-ethyl adjacent to an activating group) is 1. The highest BCUT2D eigenvalue weighted by Crippen LogP contribution is 2.24. The molecule has 0 aliphatic heterocycles. The van der Waals surface area contributed by atoms with Crippen molar-refractivity contribution in [1.29, 1.82) is 0 Å². The summed E-state index contributed by atoms with van der Waals surface area (Å²) in [7, 11) is 0. The molecule has 2 rings (SSSR count). The van der Waals surface area contributed by atoms with Gasteiger partial charge in [0.05, 0.1) is 18.4 Å². The fourth-order valence-corrected chi connectivity index (χ4v) is 2.49. The average molecular weight is 401 g/mol. The van der Waals surface area contributed by atoms with E-state index >= 15 is 0 Å². The number of aromatic nitrogens is 1. The zero-order valence-corrected chi connectivity index (χ0v) is 16.8. The number of pyridine rings is 1. The van der Waals surface area contributed by atoms with Gasteiger partial charge in [-0.05, 0) is 37.3 Å². The Kier molecular flexibility index (Phi) is 6.68. The summed E-state index contributed by atoms with van der Waals surface area (Å²) in [6.07, 6.45) is 1.33. The largest absolute Gasteiger partial charge is 0.478 e. The smallest absolute Gasteiger partial charge is 0.339 e. The van der Waals surface area contributed by atoms with E-state index in [1.54, 1.807) is 32.6 Å². The first kappa shape index (κ1) is 22.0. The van der Waals surface area contributed by atoms with Crippen molar-refractivity contribution < 1.29 is 23.9 Å². The van der Waals surface area contributed by atoms with E-state index in [2.05, 4.69) is 10.3 Å². The number of nitrogens with one attached hydrogen (secondary N) is 1. The third-order valence-corrected chi connectivity index (χ3v) is 4.31. The molecular formula is C21H24FN3O4. The SMILES string of the molecule is CCN(CC(=O)C(C)(C)C)c1ncc(NC(=O)c2ccc(F)cc2)cc1C(=O)O. The number of amides is 1. The van der Waals surface area contributed by atoms with Gasteiger partial charge in [-0.25, -0.2) is 14.2 Å². The molecule has 29 heavy (non-hydrogen) atoms. The molecule has 0 saturated heterocycles. The molecule has 0 saturated carbocycles. The summed E-state index contributed by atoms with van der Waals surface area (Å²) in [4.78, 5) is 42.2. The Morgan fingerprint density at radius 1 is 1.17 bits per heavy atom. The van der Waals surface area contributed by atoms with Gasteiger partial charge in [-0.1, -0.05) is 20.8 Å². The van der Waals surface area contributed by atoms with Crippen molar-refractivity contribution in [3.8, 4) is 0 Å². The van der Waals surface area contributed by atoms with Crippen LogP contribution in [0.5, 0.6) is 0 Å². The Bertz CT molecular complexity index is 921. The number of halogens is 1. The Morgan fingerprint density at radius 2 is 1.79 bits per heavy atom. The lowest BCUT2D eigenvalue weighted by Crippen LogP contribution is -2.37. The van der Waals surface area contributed by atoms with Crippen molar-refractivity contribution >= 4 is 29.2 Å². The maximum absolute atomic E-state index is 13.0. The molecule has 154 valence electrons. The summed E-state index contributed by atoms with van der Waals surface area (Å²) in [5.41, 5.74) is -0.303. The number of carboxylic acid groups (broad SMARTS) is 1. The fraction of sp³-hybridized carbons (Fsp3) is 0.333. The van der Waals surface area contributed by atoms with Gasteiger partial charge in [-0.2, -0.15) is 0 Å². The minimum Gasteiger partial charge on any atom is -0.478 e. The summed E-state index contributed by atoms with van der Waals surface area (Å²) in [6.45, 7) is 7.59. The lowest BCUT2D eigenvalue weighted by atomic mass is 9.90. The van der Waals surface area contributed by atoms with Crippen molar-refractivity contribution in [3.63, 3.8) is 0 Å². The summed E-state index contributed by atoms with van der Waals surface area (Å²) >= 11 is 0. The van der Waals surface area contributed by atoms with E-state index in [1.807, 2.05) is 0 Å². The van der Waals surface area contributed by atoms with E-state index in [0.29, 0.717) is 6.54 Å². The summed E-state index contributed by atoms with van der Waals surface area (Å²) in [5.74, 6) is -2.12. The molecule has 2 N–H and O–H groups in total. The first-order valence-electron chi connectivity index (χ1n) is 9.11. The molecule has 2 aromatic rings. The van der Waals surface area contributed by atoms with E-state index in [0.717, 1.165) is 12.1 Å². The maximum atomic E-state index is 13.0. The number of carbonyl (C=O) groups excluding carboxylic acids is 2. The number of anilines is 2. The van der Waals surface area contributed by atoms with Gasteiger partial charge in [0.15, 0.2) is 5.78 Å². The van der Waals surface area contributed by atoms with Crippen LogP contribution < -0.4 is 10.2 Å². The van der Waals surface area contributed by atoms with E-state index < -0.39 is 23.1 Å². The van der Waals surface area contributed by atoms with Crippen molar-refractivity contribution in [1.82, 2.24) is 4.98 Å². The number of nitrogens with zero attached hydrogens (tertiary/aromatic N) is 2. The highest BCUT2D eigenvalue weighted by atomic mass is 19.1. The predicted octanol–water partition coefficient (Wildman–Crippen LogP) is 3.61. The van der Waals surface area contributed by atoms with E-state index in [1.165, 1.54) is 24.4 Å². The highest BCUT2D eigenvalue weighted by molar-refractivity contribution is 6.05. The van der Waals surface area contributed by atoms with Crippen LogP contribution in [0, 0.1) is 11.2 Å². The highest BCUT2D eigenvalue weighted by Gasteiger charge is 2.26. The molecule has 0 fully saturated rings. The van der Waals surface area contributed by atoms with Gasteiger partial charge in [-0.3, -0.25) is 9.59 Å². The van der Waals surface area contributed by atoms with Gasteiger partial charge in [0.25, 0.3) is 5.91 Å². The molecule has 0 spiro atoms. The second-order valence-corrected chi connectivity index (χ2v) is 7.55. The minimum absolute atomic E-state index is 0.0224. The van der Waals surface area contributed by atoms with Crippen LogP contribution >= 0.6 is 0 Å². The Labute approximate surface area is 168 Å². The van der Waals surface area contributed by atoms with Crippen molar-refractivity contribution in [3.05, 3.63) is 53.5 Å². The van der Waals surface area contributed by atoms with Gasteiger partial charge in [0, 0.05) is 17.5 Å². The lowest BCUT2D eigenvalue weighted by Gasteiger charge is -2.26. The number of carboxylic acids is 1. The molecule has 1 aromatic carbocycles. The summed E-state index contributed by atoms with van der Waals surface area (Å²) in [6, 6.07) is 6.24. The number of aromatic carboxylic acids is 1. The molecule has 8 heteroatoms. The standard InChI is InChI=1S/C21H24FN3O4/c1-5-25(12-17(26)21(2,3)4)18-16(20(28)29)10-15(11-23-18)24-19(27)13-6-8-14(22)9-7-13/h6-11H,5,12H2,1-4H3,(H,24,27)(H,28,29). The lowest BCUT2D eigenvalue weighted by molar-refractivity contribution is -0.124. The second-order valence-electron chi connectivity index (χ2n) is 7.55. The first-order valence-corrected chi connectivity index (χ1v) is 9.11. The zero-order chi connectivity index (χ0) is 21.8. The molecule has 0 aliphatic rings. The number of ketones is 1. The van der Waals surface area contributed by atoms with Crippen LogP contribution in [0.25, 0.3) is 0 Å². The topological polar surface area (TPSA) is 99.6 Å². The molecule has 1 amide bonds. The van der Waals surface area contributed by atoms with E-state index in [9.17, 15) is 23.9 Å². The monoisotopic (exact) mass is 401 g/mol. The molecule has 0 aliphatic carbocycles. The number of rotatable bonds is 7. The normalized spacial score (nSPS) is 11.1. The van der Waals surface area contributed by atoms with Crippen LogP contribution in [0.3, 0.4) is 0 Å². The van der Waals surface area contributed by atoms with Gasteiger partial charge >= 0.3 is 5.97 Å². The minimum atomic E-state index is -1.23. The molecular weight excluding hydrogens is 377 g/mol. The quantitative estimate of drug-likeness (QED) is 0.735. The van der Waals surface area contributed by atoms with Crippen molar-refractivity contribution in [2.75, 3.05) is 23.3 Å². The molecule has 0 atom stereocenters. The fourth-order valence-electron chi connectivity index (χ4n) is 2.49. The first-order chi connectivity index (χ1) is 13.5. The molecule has 1 aromatic heterocycles. The van der Waals surface area contributed by atoms with Crippen LogP contribution in [-0.2, 0) is 4.79 Å². The maximum Gasteiger partial charge on any atom is 0.339 e. The van der Waals surface area contributed by atoms with Crippen LogP contribution in [0.15, 0.2) is 36.5 Å². The van der Waals surface area contributed by atoms with Crippen molar-refractivity contribution in [2.24, 2.45) is 5.41 Å². The number of benzene rings is 1.